The van der Waals surface area contributed by atoms with Crippen LogP contribution in [0.3, 0.4) is 0 Å². The third kappa shape index (κ3) is 2.13. The first-order valence-electron chi connectivity index (χ1n) is 3.53. The van der Waals surface area contributed by atoms with E-state index in [1.807, 2.05) is 0 Å². The molecule has 0 heterocycles. The molecule has 14 heavy (non-hydrogen) atoms. The molecule has 1 nitrogen and oxygen atoms in total. The summed E-state index contributed by atoms with van der Waals surface area (Å²) in [4.78, 5) is 0. The van der Waals surface area contributed by atoms with Gasteiger partial charge in [0.05, 0.1) is 22.2 Å². The van der Waals surface area contributed by atoms with Crippen LogP contribution < -0.4 is 0 Å². The molecule has 0 amide bonds. The van der Waals surface area contributed by atoms with Gasteiger partial charge in [0.15, 0.2) is 0 Å². The molecule has 6 heteroatoms. The zero-order chi connectivity index (χ0) is 10.9. The van der Waals surface area contributed by atoms with Gasteiger partial charge in [-0.2, -0.15) is 13.2 Å². The first-order chi connectivity index (χ1) is 6.38. The average molecular weight is 245 g/mol. The fraction of sp³-hybridized carbons (Fsp3) is 0.250. The van der Waals surface area contributed by atoms with Crippen molar-refractivity contribution in [3.63, 3.8) is 0 Å². The summed E-state index contributed by atoms with van der Waals surface area (Å²) in [6.45, 7) is -0.797. The standard InChI is InChI=1S/C8H5Cl2F3O/c9-6-2-1-5(8(11,12)13)4(3-14)7(6)10/h1-2,14H,3H2. The predicted molar refractivity (Wildman–Crippen MR) is 47.4 cm³/mol. The predicted octanol–water partition coefficient (Wildman–Crippen LogP) is 3.50. The molecular formula is C8H5Cl2F3O. The smallest absolute Gasteiger partial charge is 0.392 e. The van der Waals surface area contributed by atoms with Gasteiger partial charge in [0.1, 0.15) is 0 Å². The van der Waals surface area contributed by atoms with Crippen molar-refractivity contribution < 1.29 is 18.3 Å². The lowest BCUT2D eigenvalue weighted by atomic mass is 10.1. The molecule has 0 aromatic heterocycles. The van der Waals surface area contributed by atoms with E-state index in [-0.39, 0.29) is 10.0 Å². The van der Waals surface area contributed by atoms with Crippen LogP contribution in [-0.4, -0.2) is 5.11 Å². The van der Waals surface area contributed by atoms with Crippen molar-refractivity contribution in [1.82, 2.24) is 0 Å². The molecule has 1 N–H and O–H groups in total. The maximum Gasteiger partial charge on any atom is 0.416 e. The summed E-state index contributed by atoms with van der Waals surface area (Å²) < 4.78 is 37.0. The number of aliphatic hydroxyl groups is 1. The number of hydrogen-bond donors (Lipinski definition) is 1. The van der Waals surface area contributed by atoms with Gasteiger partial charge in [-0.05, 0) is 12.1 Å². The monoisotopic (exact) mass is 244 g/mol. The summed E-state index contributed by atoms with van der Waals surface area (Å²) in [5.74, 6) is 0. The zero-order valence-corrected chi connectivity index (χ0v) is 8.21. The molecular weight excluding hydrogens is 240 g/mol. The molecule has 78 valence electrons. The van der Waals surface area contributed by atoms with Crippen LogP contribution in [0.25, 0.3) is 0 Å². The molecule has 0 aliphatic rings. The van der Waals surface area contributed by atoms with Gasteiger partial charge in [0.2, 0.25) is 0 Å². The molecule has 0 atom stereocenters. The number of hydrogen-bond acceptors (Lipinski definition) is 1. The Labute approximate surface area is 88.1 Å². The Hall–Kier alpha value is -0.450. The second-order valence-corrected chi connectivity index (χ2v) is 3.33. The van der Waals surface area contributed by atoms with Gasteiger partial charge < -0.3 is 5.11 Å². The van der Waals surface area contributed by atoms with E-state index in [1.165, 1.54) is 0 Å². The Morgan fingerprint density at radius 2 is 1.79 bits per heavy atom. The van der Waals surface area contributed by atoms with Crippen molar-refractivity contribution in [2.24, 2.45) is 0 Å². The molecule has 1 aromatic carbocycles. The summed E-state index contributed by atoms with van der Waals surface area (Å²) in [6.07, 6.45) is -4.54. The first-order valence-corrected chi connectivity index (χ1v) is 4.28. The van der Waals surface area contributed by atoms with Crippen LogP contribution in [0.15, 0.2) is 12.1 Å². The molecule has 0 aliphatic carbocycles. The fourth-order valence-electron chi connectivity index (χ4n) is 1.01. The third-order valence-corrected chi connectivity index (χ3v) is 2.50. The van der Waals surface area contributed by atoms with Gasteiger partial charge in [-0.15, -0.1) is 0 Å². The molecule has 0 saturated heterocycles. The van der Waals surface area contributed by atoms with Gasteiger partial charge in [-0.3, -0.25) is 0 Å². The molecule has 1 rings (SSSR count). The largest absolute Gasteiger partial charge is 0.416 e. The molecule has 0 fully saturated rings. The highest BCUT2D eigenvalue weighted by Crippen LogP contribution is 2.37. The van der Waals surface area contributed by atoms with Crippen molar-refractivity contribution in [2.45, 2.75) is 12.8 Å². The first kappa shape index (κ1) is 11.6. The Balaban J connectivity index is 3.39. The number of alkyl halides is 3. The quantitative estimate of drug-likeness (QED) is 0.802. The van der Waals surface area contributed by atoms with Gasteiger partial charge in [0.25, 0.3) is 0 Å². The number of rotatable bonds is 1. The Morgan fingerprint density at radius 3 is 2.21 bits per heavy atom. The lowest BCUT2D eigenvalue weighted by Gasteiger charge is -2.13. The fourth-order valence-corrected chi connectivity index (χ4v) is 1.41. The lowest BCUT2D eigenvalue weighted by molar-refractivity contribution is -0.138. The van der Waals surface area contributed by atoms with Gasteiger partial charge in [0, 0.05) is 5.56 Å². The SMILES string of the molecule is OCc1c(C(F)(F)F)ccc(Cl)c1Cl. The second-order valence-electron chi connectivity index (χ2n) is 2.54. The number of halogens is 5. The molecule has 0 spiro atoms. The minimum absolute atomic E-state index is 0.0104. The van der Waals surface area contributed by atoms with Crippen LogP contribution in [0.1, 0.15) is 11.1 Å². The van der Waals surface area contributed by atoms with E-state index in [2.05, 4.69) is 0 Å². The van der Waals surface area contributed by atoms with Crippen LogP contribution in [0, 0.1) is 0 Å². The van der Waals surface area contributed by atoms with Crippen LogP contribution >= 0.6 is 23.2 Å². The van der Waals surface area contributed by atoms with Crippen molar-refractivity contribution in [3.8, 4) is 0 Å². The summed E-state index contributed by atoms with van der Waals surface area (Å²) in [6, 6.07) is 1.84. The zero-order valence-electron chi connectivity index (χ0n) is 6.70. The third-order valence-electron chi connectivity index (χ3n) is 1.66. The summed E-state index contributed by atoms with van der Waals surface area (Å²) in [5.41, 5.74) is -1.36. The maximum absolute atomic E-state index is 12.3. The second kappa shape index (κ2) is 3.96. The summed E-state index contributed by atoms with van der Waals surface area (Å²) in [7, 11) is 0. The molecule has 0 aliphatic heterocycles. The van der Waals surface area contributed by atoms with E-state index < -0.39 is 23.9 Å². The maximum atomic E-state index is 12.3. The minimum atomic E-state index is -4.54. The average Bonchev–Trinajstić information content (AvgIpc) is 2.07. The van der Waals surface area contributed by atoms with Crippen molar-refractivity contribution >= 4 is 23.2 Å². The number of benzene rings is 1. The van der Waals surface area contributed by atoms with E-state index in [9.17, 15) is 13.2 Å². The molecule has 0 bridgehead atoms. The summed E-state index contributed by atoms with van der Waals surface area (Å²) >= 11 is 11.0. The normalized spacial score (nSPS) is 11.9. The Kier molecular flexibility index (Phi) is 3.29. The van der Waals surface area contributed by atoms with Crippen LogP contribution in [-0.2, 0) is 12.8 Å². The molecule has 0 unspecified atom stereocenters. The summed E-state index contributed by atoms with van der Waals surface area (Å²) in [5, 5.41) is 8.47. The van der Waals surface area contributed by atoms with Gasteiger partial charge in [-0.1, -0.05) is 23.2 Å². The van der Waals surface area contributed by atoms with Crippen molar-refractivity contribution in [2.75, 3.05) is 0 Å². The van der Waals surface area contributed by atoms with Gasteiger partial charge in [-0.25, -0.2) is 0 Å². The highest BCUT2D eigenvalue weighted by Gasteiger charge is 2.34. The van der Waals surface area contributed by atoms with Crippen molar-refractivity contribution in [3.05, 3.63) is 33.3 Å². The molecule has 0 saturated carbocycles. The molecule has 0 radical (unpaired) electrons. The van der Waals surface area contributed by atoms with E-state index in [4.69, 9.17) is 28.3 Å². The van der Waals surface area contributed by atoms with E-state index in [1.54, 1.807) is 0 Å². The van der Waals surface area contributed by atoms with E-state index >= 15 is 0 Å². The highest BCUT2D eigenvalue weighted by atomic mass is 35.5. The Bertz CT molecular complexity index is 349. The van der Waals surface area contributed by atoms with Crippen LogP contribution in [0.2, 0.25) is 10.0 Å². The number of aliphatic hydroxyl groups excluding tert-OH is 1. The van der Waals surface area contributed by atoms with Crippen LogP contribution in [0.4, 0.5) is 13.2 Å². The van der Waals surface area contributed by atoms with Crippen LogP contribution in [0.5, 0.6) is 0 Å². The Morgan fingerprint density at radius 1 is 1.21 bits per heavy atom. The highest BCUT2D eigenvalue weighted by molar-refractivity contribution is 6.42. The topological polar surface area (TPSA) is 20.2 Å². The minimum Gasteiger partial charge on any atom is -0.392 e. The van der Waals surface area contributed by atoms with Crippen molar-refractivity contribution in [1.29, 1.82) is 0 Å². The van der Waals surface area contributed by atoms with Gasteiger partial charge >= 0.3 is 6.18 Å². The van der Waals surface area contributed by atoms with E-state index in [0.717, 1.165) is 12.1 Å². The van der Waals surface area contributed by atoms with E-state index in [0.29, 0.717) is 0 Å². The lowest BCUT2D eigenvalue weighted by Crippen LogP contribution is -2.09. The molecule has 1 aromatic rings.